The lowest BCUT2D eigenvalue weighted by atomic mass is 9.93. The minimum Gasteiger partial charge on any atom is -0.496 e. The largest absolute Gasteiger partial charge is 0.496 e. The lowest BCUT2D eigenvalue weighted by Crippen LogP contribution is -2.14. The fourth-order valence-electron chi connectivity index (χ4n) is 2.42. The molecule has 2 rings (SSSR count). The Labute approximate surface area is 115 Å². The van der Waals surface area contributed by atoms with Crippen LogP contribution in [0.2, 0.25) is 0 Å². The molecule has 0 aliphatic heterocycles. The molecule has 0 radical (unpaired) electrons. The molecule has 2 heteroatoms. The first-order valence-corrected chi connectivity index (χ1v) is 6.50. The first-order chi connectivity index (χ1) is 9.02. The van der Waals surface area contributed by atoms with E-state index in [2.05, 4.69) is 51.1 Å². The molecular weight excluding hydrogens is 234 g/mol. The number of nitrogens with two attached hydrogens (primary N) is 1. The molecule has 0 bridgehead atoms. The maximum absolute atomic E-state index is 6.41. The van der Waals surface area contributed by atoms with Gasteiger partial charge in [0.05, 0.1) is 13.2 Å². The highest BCUT2D eigenvalue weighted by molar-refractivity contribution is 5.45. The van der Waals surface area contributed by atoms with Gasteiger partial charge in [-0.1, -0.05) is 35.9 Å². The van der Waals surface area contributed by atoms with Gasteiger partial charge in [0.2, 0.25) is 0 Å². The molecule has 2 nitrogen and oxygen atoms in total. The maximum atomic E-state index is 6.41. The van der Waals surface area contributed by atoms with Crippen molar-refractivity contribution in [3.63, 3.8) is 0 Å². The molecule has 0 aromatic heterocycles. The Hall–Kier alpha value is -1.80. The molecule has 2 aromatic rings. The van der Waals surface area contributed by atoms with Crippen LogP contribution >= 0.6 is 0 Å². The van der Waals surface area contributed by atoms with Gasteiger partial charge in [0.1, 0.15) is 5.75 Å². The van der Waals surface area contributed by atoms with Crippen molar-refractivity contribution < 1.29 is 4.74 Å². The summed E-state index contributed by atoms with van der Waals surface area (Å²) in [7, 11) is 1.69. The number of aryl methyl sites for hydroxylation is 3. The molecule has 0 aliphatic carbocycles. The molecule has 19 heavy (non-hydrogen) atoms. The summed E-state index contributed by atoms with van der Waals surface area (Å²) in [5.41, 5.74) is 12.2. The zero-order valence-corrected chi connectivity index (χ0v) is 12.0. The van der Waals surface area contributed by atoms with Crippen LogP contribution in [0.15, 0.2) is 36.4 Å². The van der Waals surface area contributed by atoms with Crippen molar-refractivity contribution in [2.75, 3.05) is 7.11 Å². The molecule has 0 fully saturated rings. The van der Waals surface area contributed by atoms with Gasteiger partial charge in [-0.3, -0.25) is 0 Å². The van der Waals surface area contributed by atoms with E-state index < -0.39 is 0 Å². The van der Waals surface area contributed by atoms with Gasteiger partial charge in [-0.2, -0.15) is 0 Å². The summed E-state index contributed by atoms with van der Waals surface area (Å²) >= 11 is 0. The highest BCUT2D eigenvalue weighted by Gasteiger charge is 2.15. The zero-order chi connectivity index (χ0) is 14.0. The van der Waals surface area contributed by atoms with Crippen LogP contribution < -0.4 is 10.5 Å². The van der Waals surface area contributed by atoms with E-state index in [9.17, 15) is 0 Å². The first kappa shape index (κ1) is 13.6. The van der Waals surface area contributed by atoms with Crippen LogP contribution in [-0.2, 0) is 0 Å². The Morgan fingerprint density at radius 3 is 2.05 bits per heavy atom. The van der Waals surface area contributed by atoms with Gasteiger partial charge < -0.3 is 10.5 Å². The van der Waals surface area contributed by atoms with Crippen LogP contribution in [-0.4, -0.2) is 7.11 Å². The van der Waals surface area contributed by atoms with Gasteiger partial charge in [0.25, 0.3) is 0 Å². The summed E-state index contributed by atoms with van der Waals surface area (Å²) in [4.78, 5) is 0. The second-order valence-corrected chi connectivity index (χ2v) is 5.08. The number of methoxy groups -OCH3 is 1. The average Bonchev–Trinajstić information content (AvgIpc) is 2.37. The van der Waals surface area contributed by atoms with Crippen LogP contribution in [0.3, 0.4) is 0 Å². The smallest absolute Gasteiger partial charge is 0.124 e. The third kappa shape index (κ3) is 2.79. The fourth-order valence-corrected chi connectivity index (χ4v) is 2.42. The summed E-state index contributed by atoms with van der Waals surface area (Å²) < 4.78 is 5.45. The fraction of sp³-hybridized carbons (Fsp3) is 0.294. The Morgan fingerprint density at radius 1 is 0.895 bits per heavy atom. The quantitative estimate of drug-likeness (QED) is 0.908. The van der Waals surface area contributed by atoms with E-state index in [0.717, 1.165) is 16.9 Å². The third-order valence-electron chi connectivity index (χ3n) is 3.48. The number of hydrogen-bond donors (Lipinski definition) is 1. The number of rotatable bonds is 3. The van der Waals surface area contributed by atoms with E-state index in [0.29, 0.717) is 0 Å². The van der Waals surface area contributed by atoms with Gasteiger partial charge >= 0.3 is 0 Å². The van der Waals surface area contributed by atoms with Gasteiger partial charge in [0.15, 0.2) is 0 Å². The predicted octanol–water partition coefficient (Wildman–Crippen LogP) is 3.67. The van der Waals surface area contributed by atoms with Crippen molar-refractivity contribution in [1.29, 1.82) is 0 Å². The number of ether oxygens (including phenoxy) is 1. The van der Waals surface area contributed by atoms with Gasteiger partial charge in [-0.15, -0.1) is 0 Å². The van der Waals surface area contributed by atoms with Crippen molar-refractivity contribution in [3.8, 4) is 5.75 Å². The second kappa shape index (κ2) is 5.45. The molecule has 0 heterocycles. The maximum Gasteiger partial charge on any atom is 0.124 e. The van der Waals surface area contributed by atoms with Crippen LogP contribution in [0.5, 0.6) is 5.75 Å². The van der Waals surface area contributed by atoms with Crippen LogP contribution in [0.1, 0.15) is 33.9 Å². The van der Waals surface area contributed by atoms with Crippen molar-refractivity contribution in [3.05, 3.63) is 64.2 Å². The Kier molecular flexibility index (Phi) is 3.91. The summed E-state index contributed by atoms with van der Waals surface area (Å²) in [6.45, 7) is 6.24. The van der Waals surface area contributed by atoms with Gasteiger partial charge in [0, 0.05) is 5.56 Å². The third-order valence-corrected chi connectivity index (χ3v) is 3.48. The van der Waals surface area contributed by atoms with Crippen LogP contribution in [0.4, 0.5) is 0 Å². The highest BCUT2D eigenvalue weighted by atomic mass is 16.5. The van der Waals surface area contributed by atoms with Crippen LogP contribution in [0.25, 0.3) is 0 Å². The summed E-state index contributed by atoms with van der Waals surface area (Å²) in [5.74, 6) is 0.854. The second-order valence-electron chi connectivity index (χ2n) is 5.08. The predicted molar refractivity (Wildman–Crippen MR) is 79.7 cm³/mol. The van der Waals surface area contributed by atoms with E-state index in [1.807, 2.05) is 6.07 Å². The van der Waals surface area contributed by atoms with E-state index in [1.165, 1.54) is 16.7 Å². The summed E-state index contributed by atoms with van der Waals surface area (Å²) in [6.07, 6.45) is 0. The first-order valence-electron chi connectivity index (χ1n) is 6.50. The summed E-state index contributed by atoms with van der Waals surface area (Å²) in [5, 5.41) is 0. The molecule has 2 aromatic carbocycles. The van der Waals surface area contributed by atoms with Crippen molar-refractivity contribution in [1.82, 2.24) is 0 Å². The molecule has 100 valence electrons. The molecule has 1 atom stereocenters. The lowest BCUT2D eigenvalue weighted by molar-refractivity contribution is 0.407. The lowest BCUT2D eigenvalue weighted by Gasteiger charge is -2.19. The molecule has 0 saturated carbocycles. The van der Waals surface area contributed by atoms with Gasteiger partial charge in [-0.05, 0) is 43.5 Å². The van der Waals surface area contributed by atoms with E-state index >= 15 is 0 Å². The Morgan fingerprint density at radius 2 is 1.47 bits per heavy atom. The molecule has 0 aliphatic rings. The minimum atomic E-state index is -0.156. The standard InChI is InChI=1S/C17H21NO/c1-11-5-7-14(13(3)9-11)17(18)15-8-6-12(2)10-16(15)19-4/h5-10,17H,18H2,1-4H3. The Balaban J connectivity index is 2.46. The molecular formula is C17H21NO. The molecule has 0 saturated heterocycles. The highest BCUT2D eigenvalue weighted by Crippen LogP contribution is 2.30. The molecule has 0 spiro atoms. The summed E-state index contributed by atoms with van der Waals surface area (Å²) in [6, 6.07) is 12.4. The Bertz CT molecular complexity index is 590. The average molecular weight is 255 g/mol. The van der Waals surface area contributed by atoms with E-state index in [-0.39, 0.29) is 6.04 Å². The monoisotopic (exact) mass is 255 g/mol. The van der Waals surface area contributed by atoms with Gasteiger partial charge in [-0.25, -0.2) is 0 Å². The normalized spacial score (nSPS) is 12.3. The zero-order valence-electron chi connectivity index (χ0n) is 12.0. The minimum absolute atomic E-state index is 0.156. The van der Waals surface area contributed by atoms with Crippen molar-refractivity contribution in [2.45, 2.75) is 26.8 Å². The van der Waals surface area contributed by atoms with Crippen molar-refractivity contribution >= 4 is 0 Å². The van der Waals surface area contributed by atoms with Crippen molar-refractivity contribution in [2.24, 2.45) is 5.73 Å². The SMILES string of the molecule is COc1cc(C)ccc1C(N)c1ccc(C)cc1C. The topological polar surface area (TPSA) is 35.2 Å². The molecule has 0 amide bonds. The molecule has 2 N–H and O–H groups in total. The van der Waals surface area contributed by atoms with E-state index in [4.69, 9.17) is 10.5 Å². The van der Waals surface area contributed by atoms with E-state index in [1.54, 1.807) is 7.11 Å². The number of benzene rings is 2. The van der Waals surface area contributed by atoms with Crippen LogP contribution in [0, 0.1) is 20.8 Å². The number of hydrogen-bond acceptors (Lipinski definition) is 2. The molecule has 1 unspecified atom stereocenters.